The van der Waals surface area contributed by atoms with Crippen molar-refractivity contribution in [3.8, 4) is 0 Å². The summed E-state index contributed by atoms with van der Waals surface area (Å²) < 4.78 is 3.01. The van der Waals surface area contributed by atoms with Crippen molar-refractivity contribution in [2.24, 2.45) is 0 Å². The first-order valence-electron chi connectivity index (χ1n) is 5.45. The molecule has 2 aromatic heterocycles. The molecule has 0 N–H and O–H groups in total. The minimum Gasteiger partial charge on any atom is -0.267 e. The molecule has 0 saturated carbocycles. The maximum absolute atomic E-state index is 12.0. The summed E-state index contributed by atoms with van der Waals surface area (Å²) in [5.41, 5.74) is 2.74. The van der Waals surface area contributed by atoms with Crippen molar-refractivity contribution in [2.75, 3.05) is 0 Å². The molecule has 0 atom stereocenters. The number of hydrogen-bond acceptors (Lipinski definition) is 2. The molecule has 2 rings (SSSR count). The van der Waals surface area contributed by atoms with E-state index < -0.39 is 0 Å². The van der Waals surface area contributed by atoms with Crippen LogP contribution in [0.3, 0.4) is 0 Å². The van der Waals surface area contributed by atoms with Crippen LogP contribution < -0.4 is 11.1 Å². The Labute approximate surface area is 93.5 Å². The molecule has 0 spiro atoms. The fourth-order valence-electron chi connectivity index (χ4n) is 2.29. The topological polar surface area (TPSA) is 43.0 Å². The number of aromatic nitrogens is 2. The zero-order chi connectivity index (χ0) is 12.2. The van der Waals surface area contributed by atoms with Crippen LogP contribution in [0, 0.1) is 20.8 Å². The van der Waals surface area contributed by atoms with Gasteiger partial charge in [-0.2, -0.15) is 4.52 Å². The molecule has 0 saturated heterocycles. The zero-order valence-corrected chi connectivity index (χ0v) is 10.3. The zero-order valence-electron chi connectivity index (χ0n) is 10.3. The lowest BCUT2D eigenvalue weighted by Crippen LogP contribution is -2.23. The maximum Gasteiger partial charge on any atom is 0.277 e. The second-order valence-corrected chi connectivity index (χ2v) is 4.61. The Bertz CT molecular complexity index is 662. The van der Waals surface area contributed by atoms with E-state index >= 15 is 0 Å². The Morgan fingerprint density at radius 3 is 1.88 bits per heavy atom. The van der Waals surface area contributed by atoms with Gasteiger partial charge in [-0.3, -0.25) is 14.1 Å². The van der Waals surface area contributed by atoms with Gasteiger partial charge in [0.1, 0.15) is 0 Å². The Kier molecular flexibility index (Phi) is 2.19. The van der Waals surface area contributed by atoms with Gasteiger partial charge in [-0.1, -0.05) is 13.8 Å². The first-order chi connectivity index (χ1) is 7.37. The predicted molar refractivity (Wildman–Crippen MR) is 62.9 cm³/mol. The quantitative estimate of drug-likeness (QED) is 0.725. The van der Waals surface area contributed by atoms with Gasteiger partial charge in [-0.15, -0.1) is 0 Å². The first kappa shape index (κ1) is 10.9. The molecule has 0 aliphatic rings. The number of nitrogens with zero attached hydrogens (tertiary/aromatic N) is 2. The maximum atomic E-state index is 12.0. The summed E-state index contributed by atoms with van der Waals surface area (Å²) in [6.07, 6.45) is 0. The summed E-state index contributed by atoms with van der Waals surface area (Å²) in [5.74, 6) is 0.225. The van der Waals surface area contributed by atoms with E-state index in [1.807, 2.05) is 20.8 Å². The van der Waals surface area contributed by atoms with Gasteiger partial charge in [-0.25, -0.2) is 0 Å². The fourth-order valence-corrected chi connectivity index (χ4v) is 2.29. The van der Waals surface area contributed by atoms with E-state index in [0.717, 1.165) is 11.4 Å². The molecule has 0 radical (unpaired) electrons. The van der Waals surface area contributed by atoms with E-state index in [1.165, 1.54) is 4.52 Å². The Balaban J connectivity index is 3.14. The molecule has 0 aliphatic carbocycles. The number of rotatable bonds is 1. The number of fused-ring (bicyclic) bond motifs is 1. The van der Waals surface area contributed by atoms with E-state index in [9.17, 15) is 9.59 Å². The van der Waals surface area contributed by atoms with Gasteiger partial charge in [0.15, 0.2) is 0 Å². The second kappa shape index (κ2) is 3.20. The van der Waals surface area contributed by atoms with Gasteiger partial charge < -0.3 is 0 Å². The molecule has 16 heavy (non-hydrogen) atoms. The Morgan fingerprint density at radius 1 is 0.875 bits per heavy atom. The van der Waals surface area contributed by atoms with Gasteiger partial charge in [0.25, 0.3) is 11.1 Å². The van der Waals surface area contributed by atoms with Crippen molar-refractivity contribution in [1.29, 1.82) is 0 Å². The summed E-state index contributed by atoms with van der Waals surface area (Å²) in [6.45, 7) is 9.48. The van der Waals surface area contributed by atoms with Crippen LogP contribution in [0.2, 0.25) is 0 Å². The molecule has 4 nitrogen and oxygen atoms in total. The normalized spacial score (nSPS) is 11.9. The molecule has 0 aliphatic heterocycles. The highest BCUT2D eigenvalue weighted by Crippen LogP contribution is 2.18. The highest BCUT2D eigenvalue weighted by Gasteiger charge is 2.21. The lowest BCUT2D eigenvalue weighted by molar-refractivity contribution is 0.703. The molecule has 86 valence electrons. The van der Waals surface area contributed by atoms with Crippen molar-refractivity contribution in [1.82, 2.24) is 9.03 Å². The van der Waals surface area contributed by atoms with Crippen LogP contribution in [0.5, 0.6) is 0 Å². The molecule has 0 bridgehead atoms. The van der Waals surface area contributed by atoms with E-state index in [0.29, 0.717) is 11.1 Å². The molecule has 2 heterocycles. The fraction of sp³-hybridized carbons (Fsp3) is 0.500. The lowest BCUT2D eigenvalue weighted by atomic mass is 10.1. The molecule has 4 heteroatoms. The van der Waals surface area contributed by atoms with Crippen LogP contribution in [-0.4, -0.2) is 9.03 Å². The highest BCUT2D eigenvalue weighted by atomic mass is 16.2. The van der Waals surface area contributed by atoms with Crippen molar-refractivity contribution in [3.63, 3.8) is 0 Å². The first-order valence-corrected chi connectivity index (χ1v) is 5.45. The largest absolute Gasteiger partial charge is 0.277 e. The average Bonchev–Trinajstić information content (AvgIpc) is 2.59. The number of hydrogen-bond donors (Lipinski definition) is 0. The summed E-state index contributed by atoms with van der Waals surface area (Å²) in [5, 5.41) is 0. The minimum absolute atomic E-state index is 0.190. The van der Waals surface area contributed by atoms with Crippen LogP contribution in [-0.2, 0) is 0 Å². The third-order valence-corrected chi connectivity index (χ3v) is 3.25. The van der Waals surface area contributed by atoms with Crippen LogP contribution in [0.25, 0.3) is 0 Å². The third-order valence-electron chi connectivity index (χ3n) is 3.25. The summed E-state index contributed by atoms with van der Waals surface area (Å²) in [7, 11) is 0. The standard InChI is InChI=1S/C12H16N2O2/c1-6(2)10-8(4)12(16)14-11(15)7(3)9(5)13(10)14/h6H,1-5H3. The van der Waals surface area contributed by atoms with Gasteiger partial charge in [0.05, 0.1) is 5.69 Å². The smallest absolute Gasteiger partial charge is 0.267 e. The summed E-state index contributed by atoms with van der Waals surface area (Å²) in [4.78, 5) is 23.9. The Hall–Kier alpha value is -1.58. The predicted octanol–water partition coefficient (Wildman–Crippen LogP) is 1.25. The second-order valence-electron chi connectivity index (χ2n) is 4.61. The molecule has 0 aromatic carbocycles. The summed E-state index contributed by atoms with van der Waals surface area (Å²) >= 11 is 0. The lowest BCUT2D eigenvalue weighted by Gasteiger charge is -2.06. The van der Waals surface area contributed by atoms with Crippen molar-refractivity contribution in [2.45, 2.75) is 40.5 Å². The molecule has 2 aromatic rings. The van der Waals surface area contributed by atoms with E-state index in [2.05, 4.69) is 0 Å². The average molecular weight is 220 g/mol. The Morgan fingerprint density at radius 2 is 1.38 bits per heavy atom. The molecular weight excluding hydrogens is 204 g/mol. The van der Waals surface area contributed by atoms with Crippen LogP contribution in [0.1, 0.15) is 42.3 Å². The van der Waals surface area contributed by atoms with Crippen molar-refractivity contribution in [3.05, 3.63) is 43.2 Å². The van der Waals surface area contributed by atoms with Gasteiger partial charge in [-0.05, 0) is 26.7 Å². The molecular formula is C12H16N2O2. The van der Waals surface area contributed by atoms with E-state index in [1.54, 1.807) is 18.4 Å². The third kappa shape index (κ3) is 1.10. The molecule has 0 fully saturated rings. The van der Waals surface area contributed by atoms with Crippen molar-refractivity contribution < 1.29 is 0 Å². The highest BCUT2D eigenvalue weighted by molar-refractivity contribution is 5.28. The van der Waals surface area contributed by atoms with E-state index in [4.69, 9.17) is 0 Å². The van der Waals surface area contributed by atoms with Gasteiger partial charge in [0.2, 0.25) is 0 Å². The minimum atomic E-state index is -0.197. The monoisotopic (exact) mass is 220 g/mol. The molecule has 0 unspecified atom stereocenters. The SMILES string of the molecule is Cc1c(C)n2c(C(C)C)c(C)c(=O)n2c1=O. The van der Waals surface area contributed by atoms with Crippen molar-refractivity contribution >= 4 is 0 Å². The van der Waals surface area contributed by atoms with Crippen LogP contribution >= 0.6 is 0 Å². The van der Waals surface area contributed by atoms with E-state index in [-0.39, 0.29) is 17.0 Å². The number of aryl methyl sites for hydroxylation is 1. The van der Waals surface area contributed by atoms with Crippen LogP contribution in [0.15, 0.2) is 9.59 Å². The van der Waals surface area contributed by atoms with Crippen LogP contribution in [0.4, 0.5) is 0 Å². The summed E-state index contributed by atoms with van der Waals surface area (Å²) in [6, 6.07) is 0. The van der Waals surface area contributed by atoms with Gasteiger partial charge >= 0.3 is 0 Å². The molecule has 0 amide bonds. The van der Waals surface area contributed by atoms with Gasteiger partial charge in [0, 0.05) is 16.8 Å².